The van der Waals surface area contributed by atoms with E-state index < -0.39 is 9.84 Å². The Kier molecular flexibility index (Phi) is 5.53. The van der Waals surface area contributed by atoms with Crippen LogP contribution >= 0.6 is 11.6 Å². The number of H-pyrrole nitrogens is 1. The summed E-state index contributed by atoms with van der Waals surface area (Å²) in [4.78, 5) is 16.4. The van der Waals surface area contributed by atoms with Gasteiger partial charge in [-0.25, -0.2) is 8.42 Å². The van der Waals surface area contributed by atoms with Crippen molar-refractivity contribution in [3.8, 4) is 22.4 Å². The molecule has 0 spiro atoms. The maximum atomic E-state index is 13.0. The first-order chi connectivity index (χ1) is 16.6. The number of aryl methyl sites for hydroxylation is 2. The molecule has 10 heteroatoms. The van der Waals surface area contributed by atoms with Gasteiger partial charge in [0.25, 0.3) is 5.56 Å². The summed E-state index contributed by atoms with van der Waals surface area (Å²) in [5.74, 6) is 0. The molecule has 178 valence electrons. The summed E-state index contributed by atoms with van der Waals surface area (Å²) in [7, 11) is 0.0229. The van der Waals surface area contributed by atoms with Crippen LogP contribution in [0.2, 0.25) is 5.02 Å². The van der Waals surface area contributed by atoms with Crippen molar-refractivity contribution >= 4 is 43.7 Å². The van der Waals surface area contributed by atoms with Gasteiger partial charge in [0.1, 0.15) is 5.52 Å². The Morgan fingerprint density at radius 1 is 1.00 bits per heavy atom. The van der Waals surface area contributed by atoms with E-state index in [1.165, 1.54) is 10.8 Å². The largest absolute Gasteiger partial charge is 0.355 e. The van der Waals surface area contributed by atoms with Crippen LogP contribution in [-0.2, 0) is 23.9 Å². The van der Waals surface area contributed by atoms with Crippen LogP contribution in [0.1, 0.15) is 0 Å². The average molecular weight is 508 g/mol. The standard InChI is InChI=1S/C25H22ClN5O3S/c1-30-14-21(20-11-23(29-24(20)25(30)32)15-12-27-31(2)13-15)19-10-18(35(3,33)34)8-9-22(19)28-17-6-4-16(26)5-7-17/h4-14,28-29H,1-3H3. The number of pyridine rings is 1. The monoisotopic (exact) mass is 507 g/mol. The number of anilines is 2. The number of hydrogen-bond acceptors (Lipinski definition) is 5. The first-order valence-electron chi connectivity index (χ1n) is 10.7. The second-order valence-corrected chi connectivity index (χ2v) is 10.9. The van der Waals surface area contributed by atoms with E-state index in [0.717, 1.165) is 16.9 Å². The molecule has 0 unspecified atom stereocenters. The SMILES string of the molecule is Cn1cc(-c2cc3c(-c4cc(S(C)(=O)=O)ccc4Nc4ccc(Cl)cc4)cn(C)c(=O)c3[nH]2)cn1. The highest BCUT2D eigenvalue weighted by Gasteiger charge is 2.19. The molecule has 0 aliphatic carbocycles. The van der Waals surface area contributed by atoms with Crippen LogP contribution in [0.15, 0.2) is 76.8 Å². The zero-order chi connectivity index (χ0) is 24.9. The Balaban J connectivity index is 1.77. The number of benzene rings is 2. The lowest BCUT2D eigenvalue weighted by molar-refractivity contribution is 0.602. The van der Waals surface area contributed by atoms with E-state index in [2.05, 4.69) is 15.4 Å². The highest BCUT2D eigenvalue weighted by molar-refractivity contribution is 7.90. The number of fused-ring (bicyclic) bond motifs is 1. The fourth-order valence-corrected chi connectivity index (χ4v) is 4.81. The molecule has 0 bridgehead atoms. The van der Waals surface area contributed by atoms with Gasteiger partial charge >= 0.3 is 0 Å². The number of halogens is 1. The minimum atomic E-state index is -3.47. The molecule has 8 nitrogen and oxygen atoms in total. The summed E-state index contributed by atoms with van der Waals surface area (Å²) < 4.78 is 28.0. The van der Waals surface area contributed by atoms with E-state index in [4.69, 9.17) is 11.6 Å². The Labute approximate surface area is 206 Å². The van der Waals surface area contributed by atoms with Gasteiger partial charge in [-0.2, -0.15) is 5.10 Å². The molecule has 35 heavy (non-hydrogen) atoms. The Morgan fingerprint density at radius 2 is 1.74 bits per heavy atom. The second kappa shape index (κ2) is 8.44. The molecular formula is C25H22ClN5O3S. The summed E-state index contributed by atoms with van der Waals surface area (Å²) >= 11 is 6.03. The van der Waals surface area contributed by atoms with Gasteiger partial charge in [-0.15, -0.1) is 0 Å². The van der Waals surface area contributed by atoms with Gasteiger partial charge in [0, 0.05) is 76.9 Å². The van der Waals surface area contributed by atoms with Crippen molar-refractivity contribution in [2.75, 3.05) is 11.6 Å². The molecule has 3 aromatic heterocycles. The van der Waals surface area contributed by atoms with E-state index in [-0.39, 0.29) is 10.5 Å². The quantitative estimate of drug-likeness (QED) is 0.358. The zero-order valence-electron chi connectivity index (χ0n) is 19.2. The maximum Gasteiger partial charge on any atom is 0.274 e. The lowest BCUT2D eigenvalue weighted by Crippen LogP contribution is -2.16. The number of aromatic nitrogens is 4. The minimum absolute atomic E-state index is 0.180. The summed E-state index contributed by atoms with van der Waals surface area (Å²) in [6.07, 6.45) is 6.46. The normalized spacial score (nSPS) is 11.8. The molecule has 0 amide bonds. The van der Waals surface area contributed by atoms with Gasteiger partial charge in [-0.3, -0.25) is 9.48 Å². The second-order valence-electron chi connectivity index (χ2n) is 8.44. The number of rotatable bonds is 5. The van der Waals surface area contributed by atoms with Crippen LogP contribution in [0.5, 0.6) is 0 Å². The fraction of sp³-hybridized carbons (Fsp3) is 0.120. The summed E-state index contributed by atoms with van der Waals surface area (Å²) in [6.45, 7) is 0. The molecule has 5 aromatic rings. The molecule has 3 heterocycles. The molecule has 0 fully saturated rings. The first kappa shape index (κ1) is 22.9. The van der Waals surface area contributed by atoms with E-state index >= 15 is 0 Å². The summed E-state index contributed by atoms with van der Waals surface area (Å²) in [6, 6.07) is 14.0. The van der Waals surface area contributed by atoms with E-state index in [1.54, 1.807) is 54.5 Å². The van der Waals surface area contributed by atoms with Gasteiger partial charge in [0.05, 0.1) is 11.1 Å². The molecule has 0 atom stereocenters. The molecule has 2 N–H and O–H groups in total. The van der Waals surface area contributed by atoms with Crippen molar-refractivity contribution in [3.05, 3.63) is 82.5 Å². The van der Waals surface area contributed by atoms with Crippen LogP contribution in [0.4, 0.5) is 11.4 Å². The molecule has 5 rings (SSSR count). The van der Waals surface area contributed by atoms with Crippen LogP contribution in [0, 0.1) is 0 Å². The van der Waals surface area contributed by atoms with E-state index in [1.807, 2.05) is 31.4 Å². The van der Waals surface area contributed by atoms with Gasteiger partial charge in [0.2, 0.25) is 0 Å². The van der Waals surface area contributed by atoms with Crippen molar-refractivity contribution in [1.29, 1.82) is 0 Å². The third-order valence-corrected chi connectivity index (χ3v) is 7.18. The van der Waals surface area contributed by atoms with E-state index in [0.29, 0.717) is 32.7 Å². The predicted molar refractivity (Wildman–Crippen MR) is 139 cm³/mol. The van der Waals surface area contributed by atoms with Crippen molar-refractivity contribution < 1.29 is 8.42 Å². The Bertz CT molecular complexity index is 1750. The van der Waals surface area contributed by atoms with Crippen LogP contribution < -0.4 is 10.9 Å². The molecule has 0 aliphatic rings. The predicted octanol–water partition coefficient (Wildman–Crippen LogP) is 4.73. The number of nitrogens with one attached hydrogen (secondary N) is 2. The third kappa shape index (κ3) is 4.36. The Morgan fingerprint density at radius 3 is 2.40 bits per heavy atom. The molecule has 0 aliphatic heterocycles. The fourth-order valence-electron chi connectivity index (χ4n) is 4.04. The lowest BCUT2D eigenvalue weighted by atomic mass is 10.0. The van der Waals surface area contributed by atoms with Crippen LogP contribution in [0.25, 0.3) is 33.3 Å². The van der Waals surface area contributed by atoms with Crippen LogP contribution in [0.3, 0.4) is 0 Å². The van der Waals surface area contributed by atoms with Gasteiger partial charge in [-0.05, 0) is 48.5 Å². The van der Waals surface area contributed by atoms with Crippen molar-refractivity contribution in [2.45, 2.75) is 4.90 Å². The van der Waals surface area contributed by atoms with Crippen molar-refractivity contribution in [2.24, 2.45) is 14.1 Å². The summed E-state index contributed by atoms with van der Waals surface area (Å²) in [5, 5.41) is 8.86. The van der Waals surface area contributed by atoms with Gasteiger partial charge in [-0.1, -0.05) is 11.6 Å². The topological polar surface area (TPSA) is 102 Å². The molecule has 0 saturated carbocycles. The lowest BCUT2D eigenvalue weighted by Gasteiger charge is -2.15. The van der Waals surface area contributed by atoms with Crippen molar-refractivity contribution in [1.82, 2.24) is 19.3 Å². The minimum Gasteiger partial charge on any atom is -0.355 e. The molecule has 0 saturated heterocycles. The molecule has 0 radical (unpaired) electrons. The number of nitrogens with zero attached hydrogens (tertiary/aromatic N) is 3. The van der Waals surface area contributed by atoms with Crippen LogP contribution in [-0.4, -0.2) is 34.0 Å². The highest BCUT2D eigenvalue weighted by Crippen LogP contribution is 2.37. The van der Waals surface area contributed by atoms with Gasteiger partial charge in [0.15, 0.2) is 9.84 Å². The first-order valence-corrected chi connectivity index (χ1v) is 13.0. The maximum absolute atomic E-state index is 13.0. The number of aromatic amines is 1. The number of sulfone groups is 1. The molecular weight excluding hydrogens is 486 g/mol. The average Bonchev–Trinajstić information content (AvgIpc) is 3.44. The third-order valence-electron chi connectivity index (χ3n) is 5.81. The molecule has 2 aromatic carbocycles. The van der Waals surface area contributed by atoms with E-state index in [9.17, 15) is 13.2 Å². The smallest absolute Gasteiger partial charge is 0.274 e. The highest BCUT2D eigenvalue weighted by atomic mass is 35.5. The summed E-state index contributed by atoms with van der Waals surface area (Å²) in [5.41, 5.74) is 4.62. The Hall–Kier alpha value is -3.82. The van der Waals surface area contributed by atoms with Crippen molar-refractivity contribution in [3.63, 3.8) is 0 Å². The zero-order valence-corrected chi connectivity index (χ0v) is 20.8. The number of hydrogen-bond donors (Lipinski definition) is 2. The van der Waals surface area contributed by atoms with Gasteiger partial charge < -0.3 is 14.9 Å².